The standard InChI is InChI=1S/C7H3BrFIN2/c8-5-4(9)2-1-3-6(5)11-12-7(3)10/h1-2H,(H,11,12). The summed E-state index contributed by atoms with van der Waals surface area (Å²) in [6.07, 6.45) is 0. The molecule has 5 heteroatoms. The Hall–Kier alpha value is -0.170. The van der Waals surface area contributed by atoms with Gasteiger partial charge in [-0.3, -0.25) is 5.10 Å². The Morgan fingerprint density at radius 1 is 1.50 bits per heavy atom. The van der Waals surface area contributed by atoms with Gasteiger partial charge in [-0.2, -0.15) is 5.10 Å². The van der Waals surface area contributed by atoms with Crippen LogP contribution in [0.3, 0.4) is 0 Å². The summed E-state index contributed by atoms with van der Waals surface area (Å²) in [4.78, 5) is 0. The van der Waals surface area contributed by atoms with Gasteiger partial charge in [-0.15, -0.1) is 0 Å². The van der Waals surface area contributed by atoms with Gasteiger partial charge in [-0.1, -0.05) is 0 Å². The van der Waals surface area contributed by atoms with Crippen molar-refractivity contribution in [3.8, 4) is 0 Å². The van der Waals surface area contributed by atoms with Crippen molar-refractivity contribution in [2.45, 2.75) is 0 Å². The molecule has 2 aromatic rings. The minimum Gasteiger partial charge on any atom is -0.271 e. The van der Waals surface area contributed by atoms with E-state index in [1.54, 1.807) is 6.07 Å². The molecule has 0 saturated heterocycles. The first-order chi connectivity index (χ1) is 5.70. The van der Waals surface area contributed by atoms with Crippen LogP contribution in [0.15, 0.2) is 16.6 Å². The van der Waals surface area contributed by atoms with E-state index in [9.17, 15) is 4.39 Å². The van der Waals surface area contributed by atoms with Gasteiger partial charge in [0.05, 0.1) is 4.47 Å². The van der Waals surface area contributed by atoms with Gasteiger partial charge in [-0.05, 0) is 50.7 Å². The molecule has 2 nitrogen and oxygen atoms in total. The topological polar surface area (TPSA) is 28.7 Å². The van der Waals surface area contributed by atoms with Crippen molar-refractivity contribution >= 4 is 49.4 Å². The van der Waals surface area contributed by atoms with E-state index in [0.717, 1.165) is 9.09 Å². The molecule has 1 heterocycles. The number of hydrogen-bond acceptors (Lipinski definition) is 1. The molecular formula is C7H3BrFIN2. The predicted octanol–water partition coefficient (Wildman–Crippen LogP) is 3.07. The summed E-state index contributed by atoms with van der Waals surface area (Å²) in [5, 5.41) is 7.68. The van der Waals surface area contributed by atoms with Crippen molar-refractivity contribution < 1.29 is 4.39 Å². The van der Waals surface area contributed by atoms with Gasteiger partial charge in [-0.25, -0.2) is 4.39 Å². The number of rotatable bonds is 0. The second-order valence-corrected chi connectivity index (χ2v) is 4.17. The highest BCUT2D eigenvalue weighted by Gasteiger charge is 2.09. The lowest BCUT2D eigenvalue weighted by atomic mass is 10.2. The molecule has 2 rings (SSSR count). The molecule has 1 N–H and O–H groups in total. The fourth-order valence-corrected chi connectivity index (χ4v) is 1.98. The van der Waals surface area contributed by atoms with Gasteiger partial charge in [0, 0.05) is 5.39 Å². The highest BCUT2D eigenvalue weighted by Crippen LogP contribution is 2.27. The molecule has 0 spiro atoms. The molecule has 1 aromatic carbocycles. The smallest absolute Gasteiger partial charge is 0.139 e. The Balaban J connectivity index is 2.93. The number of halogens is 3. The molecule has 0 aliphatic heterocycles. The molecule has 0 fully saturated rings. The summed E-state index contributed by atoms with van der Waals surface area (Å²) in [6, 6.07) is 3.13. The molecule has 0 saturated carbocycles. The third-order valence-corrected chi connectivity index (χ3v) is 3.15. The van der Waals surface area contributed by atoms with Crippen molar-refractivity contribution in [3.63, 3.8) is 0 Å². The zero-order chi connectivity index (χ0) is 8.72. The van der Waals surface area contributed by atoms with E-state index < -0.39 is 0 Å². The first-order valence-electron chi connectivity index (χ1n) is 3.17. The predicted molar refractivity (Wildman–Crippen MR) is 56.5 cm³/mol. The number of hydrogen-bond donors (Lipinski definition) is 1. The SMILES string of the molecule is Fc1ccc2c(I)[nH]nc2c1Br. The third kappa shape index (κ3) is 1.15. The molecule has 0 bridgehead atoms. The van der Waals surface area contributed by atoms with Crippen molar-refractivity contribution in [2.24, 2.45) is 0 Å². The first-order valence-corrected chi connectivity index (χ1v) is 5.05. The van der Waals surface area contributed by atoms with Crippen LogP contribution in [0, 0.1) is 9.52 Å². The fraction of sp³-hybridized carbons (Fsp3) is 0. The number of fused-ring (bicyclic) bond motifs is 1. The number of aromatic amines is 1. The van der Waals surface area contributed by atoms with Crippen LogP contribution in [-0.4, -0.2) is 10.2 Å². The molecule has 0 radical (unpaired) electrons. The Morgan fingerprint density at radius 3 is 3.00 bits per heavy atom. The number of nitrogens with zero attached hydrogens (tertiary/aromatic N) is 1. The Bertz CT molecular complexity index is 440. The van der Waals surface area contributed by atoms with Gasteiger partial charge >= 0.3 is 0 Å². The molecule has 0 amide bonds. The van der Waals surface area contributed by atoms with E-state index in [4.69, 9.17) is 0 Å². The van der Waals surface area contributed by atoms with Gasteiger partial charge in [0.2, 0.25) is 0 Å². The molecule has 12 heavy (non-hydrogen) atoms. The lowest BCUT2D eigenvalue weighted by Gasteiger charge is -1.93. The average Bonchev–Trinajstić information content (AvgIpc) is 2.41. The first kappa shape index (κ1) is 8.43. The molecule has 62 valence electrons. The summed E-state index contributed by atoms with van der Waals surface area (Å²) in [5.74, 6) is -0.287. The number of aromatic nitrogens is 2. The van der Waals surface area contributed by atoms with Crippen molar-refractivity contribution in [3.05, 3.63) is 26.1 Å². The second-order valence-electron chi connectivity index (χ2n) is 2.30. The van der Waals surface area contributed by atoms with E-state index >= 15 is 0 Å². The molecule has 0 atom stereocenters. The maximum atomic E-state index is 13.0. The van der Waals surface area contributed by atoms with Crippen LogP contribution in [-0.2, 0) is 0 Å². The van der Waals surface area contributed by atoms with Crippen LogP contribution in [0.25, 0.3) is 10.9 Å². The van der Waals surface area contributed by atoms with Crippen LogP contribution in [0.4, 0.5) is 4.39 Å². The normalized spacial score (nSPS) is 10.9. The lowest BCUT2D eigenvalue weighted by molar-refractivity contribution is 0.623. The molecule has 0 aliphatic rings. The summed E-state index contributed by atoms with van der Waals surface area (Å²) < 4.78 is 14.3. The largest absolute Gasteiger partial charge is 0.271 e. The van der Waals surface area contributed by atoms with Crippen LogP contribution in [0.1, 0.15) is 0 Å². The maximum absolute atomic E-state index is 13.0. The number of nitrogens with one attached hydrogen (secondary N) is 1. The Morgan fingerprint density at radius 2 is 2.25 bits per heavy atom. The van der Waals surface area contributed by atoms with E-state index in [1.807, 2.05) is 0 Å². The Labute approximate surface area is 89.8 Å². The Kier molecular flexibility index (Phi) is 2.07. The van der Waals surface area contributed by atoms with Crippen LogP contribution < -0.4 is 0 Å². The minimum absolute atomic E-state index is 0.287. The fourth-order valence-electron chi connectivity index (χ4n) is 0.992. The summed E-state index contributed by atoms with van der Waals surface area (Å²) >= 11 is 5.25. The highest BCUT2D eigenvalue weighted by atomic mass is 127. The molecule has 0 aliphatic carbocycles. The van der Waals surface area contributed by atoms with Crippen LogP contribution in [0.2, 0.25) is 0 Å². The quantitative estimate of drug-likeness (QED) is 0.734. The average molecular weight is 341 g/mol. The lowest BCUT2D eigenvalue weighted by Crippen LogP contribution is -1.78. The highest BCUT2D eigenvalue weighted by molar-refractivity contribution is 14.1. The molecular weight excluding hydrogens is 338 g/mol. The van der Waals surface area contributed by atoms with Crippen molar-refractivity contribution in [2.75, 3.05) is 0 Å². The van der Waals surface area contributed by atoms with E-state index in [2.05, 4.69) is 48.7 Å². The van der Waals surface area contributed by atoms with Crippen molar-refractivity contribution in [1.29, 1.82) is 0 Å². The number of H-pyrrole nitrogens is 1. The monoisotopic (exact) mass is 340 g/mol. The van der Waals surface area contributed by atoms with E-state index in [1.165, 1.54) is 6.07 Å². The van der Waals surface area contributed by atoms with Gasteiger partial charge in [0.25, 0.3) is 0 Å². The molecule has 1 aromatic heterocycles. The van der Waals surface area contributed by atoms with E-state index in [-0.39, 0.29) is 5.82 Å². The molecule has 0 unspecified atom stereocenters. The zero-order valence-corrected chi connectivity index (χ0v) is 9.48. The van der Waals surface area contributed by atoms with Gasteiger partial charge in [0.1, 0.15) is 15.0 Å². The van der Waals surface area contributed by atoms with Gasteiger partial charge in [0.15, 0.2) is 0 Å². The second kappa shape index (κ2) is 2.95. The van der Waals surface area contributed by atoms with E-state index in [0.29, 0.717) is 9.99 Å². The summed E-state index contributed by atoms with van der Waals surface area (Å²) in [7, 11) is 0. The maximum Gasteiger partial charge on any atom is 0.139 e. The van der Waals surface area contributed by atoms with Crippen molar-refractivity contribution in [1.82, 2.24) is 10.2 Å². The summed E-state index contributed by atoms with van der Waals surface area (Å²) in [6.45, 7) is 0. The third-order valence-electron chi connectivity index (χ3n) is 1.57. The van der Waals surface area contributed by atoms with Crippen LogP contribution in [0.5, 0.6) is 0 Å². The van der Waals surface area contributed by atoms with Crippen LogP contribution >= 0.6 is 38.5 Å². The number of benzene rings is 1. The summed E-state index contributed by atoms with van der Waals surface area (Å²) in [5.41, 5.74) is 0.638. The van der Waals surface area contributed by atoms with Gasteiger partial charge < -0.3 is 0 Å². The minimum atomic E-state index is -0.287. The zero-order valence-electron chi connectivity index (χ0n) is 5.74.